The number of hydrogen-bond acceptors (Lipinski definition) is 3. The predicted molar refractivity (Wildman–Crippen MR) is 114 cm³/mol. The summed E-state index contributed by atoms with van der Waals surface area (Å²) in [6.07, 6.45) is 2.08. The fourth-order valence-corrected chi connectivity index (χ4v) is 3.44. The zero-order valence-electron chi connectivity index (χ0n) is 16.5. The molecule has 0 saturated carbocycles. The van der Waals surface area contributed by atoms with Crippen LogP contribution in [0.25, 0.3) is 21.9 Å². The lowest BCUT2D eigenvalue weighted by molar-refractivity contribution is 0.102. The quantitative estimate of drug-likeness (QED) is 0.520. The summed E-state index contributed by atoms with van der Waals surface area (Å²) in [4.78, 5) is 17.7. The number of aromatic nitrogens is 3. The second kappa shape index (κ2) is 7.43. The van der Waals surface area contributed by atoms with Crippen LogP contribution >= 0.6 is 0 Å². The number of rotatable bonds is 5. The molecular weight excluding hydrogens is 348 g/mol. The van der Waals surface area contributed by atoms with E-state index in [2.05, 4.69) is 42.5 Å². The molecule has 142 valence electrons. The highest BCUT2D eigenvalue weighted by Crippen LogP contribution is 2.27. The third kappa shape index (κ3) is 3.36. The van der Waals surface area contributed by atoms with E-state index in [1.165, 1.54) is 5.56 Å². The highest BCUT2D eigenvalue weighted by molar-refractivity contribution is 6.09. The summed E-state index contributed by atoms with van der Waals surface area (Å²) in [7, 11) is 0. The van der Waals surface area contributed by atoms with Gasteiger partial charge in [0, 0.05) is 17.5 Å². The fraction of sp³-hybridized carbons (Fsp3) is 0.261. The van der Waals surface area contributed by atoms with Crippen LogP contribution in [0.15, 0.2) is 48.5 Å². The van der Waals surface area contributed by atoms with Crippen molar-refractivity contribution >= 4 is 33.7 Å². The average molecular weight is 372 g/mol. The highest BCUT2D eigenvalue weighted by Gasteiger charge is 2.17. The van der Waals surface area contributed by atoms with Crippen LogP contribution in [0, 0.1) is 13.8 Å². The molecule has 0 aliphatic heterocycles. The molecule has 0 aliphatic rings. The maximum Gasteiger partial charge on any atom is 0.257 e. The van der Waals surface area contributed by atoms with Crippen LogP contribution in [0.1, 0.15) is 41.3 Å². The molecule has 0 radical (unpaired) electrons. The van der Waals surface area contributed by atoms with E-state index in [-0.39, 0.29) is 5.91 Å². The van der Waals surface area contributed by atoms with Crippen molar-refractivity contribution in [2.45, 2.75) is 40.2 Å². The van der Waals surface area contributed by atoms with Crippen LogP contribution in [-0.4, -0.2) is 20.7 Å². The number of fused-ring (bicyclic) bond motifs is 2. The molecule has 4 rings (SSSR count). The van der Waals surface area contributed by atoms with Crippen LogP contribution in [0.5, 0.6) is 0 Å². The second-order valence-electron chi connectivity index (χ2n) is 7.25. The monoisotopic (exact) mass is 372 g/mol. The molecule has 5 heteroatoms. The molecule has 0 fully saturated rings. The van der Waals surface area contributed by atoms with Gasteiger partial charge in [-0.05, 0) is 50.1 Å². The summed E-state index contributed by atoms with van der Waals surface area (Å²) in [5.41, 5.74) is 4.52. The minimum absolute atomic E-state index is 0.149. The first-order valence-corrected chi connectivity index (χ1v) is 9.71. The van der Waals surface area contributed by atoms with Crippen molar-refractivity contribution in [1.29, 1.82) is 0 Å². The molecule has 0 unspecified atom stereocenters. The van der Waals surface area contributed by atoms with Crippen molar-refractivity contribution in [2.75, 3.05) is 5.32 Å². The number of carbonyl (C=O) groups excluding carboxylic acids is 1. The Morgan fingerprint density at radius 2 is 1.93 bits per heavy atom. The molecule has 0 atom stereocenters. The van der Waals surface area contributed by atoms with Crippen molar-refractivity contribution in [3.8, 4) is 0 Å². The minimum atomic E-state index is -0.149. The molecule has 2 heterocycles. The molecule has 28 heavy (non-hydrogen) atoms. The number of nitrogens with one attached hydrogen (secondary N) is 1. The Bertz CT molecular complexity index is 1180. The first kappa shape index (κ1) is 18.2. The number of pyridine rings is 1. The summed E-state index contributed by atoms with van der Waals surface area (Å²) in [5.74, 6) is 0.416. The molecule has 0 saturated heterocycles. The zero-order valence-corrected chi connectivity index (χ0v) is 16.5. The van der Waals surface area contributed by atoms with Gasteiger partial charge in [-0.2, -0.15) is 5.10 Å². The SMILES string of the molecule is CCCCn1nc(NC(=O)c2ccccc2C)c2cc3cc(C)ccc3nc21. The van der Waals surface area contributed by atoms with Gasteiger partial charge in [-0.25, -0.2) is 9.67 Å². The summed E-state index contributed by atoms with van der Waals surface area (Å²) < 4.78 is 1.91. The lowest BCUT2D eigenvalue weighted by atomic mass is 10.1. The van der Waals surface area contributed by atoms with Gasteiger partial charge in [0.2, 0.25) is 0 Å². The van der Waals surface area contributed by atoms with E-state index >= 15 is 0 Å². The second-order valence-corrected chi connectivity index (χ2v) is 7.25. The summed E-state index contributed by atoms with van der Waals surface area (Å²) in [6.45, 7) is 6.93. The van der Waals surface area contributed by atoms with E-state index < -0.39 is 0 Å². The van der Waals surface area contributed by atoms with Gasteiger partial charge in [-0.15, -0.1) is 0 Å². The first-order valence-electron chi connectivity index (χ1n) is 9.71. The lowest BCUT2D eigenvalue weighted by Gasteiger charge is -2.06. The van der Waals surface area contributed by atoms with Gasteiger partial charge in [0.15, 0.2) is 11.5 Å². The van der Waals surface area contributed by atoms with Crippen LogP contribution < -0.4 is 5.32 Å². The van der Waals surface area contributed by atoms with Gasteiger partial charge in [-0.1, -0.05) is 43.2 Å². The minimum Gasteiger partial charge on any atom is -0.304 e. The Kier molecular flexibility index (Phi) is 4.82. The zero-order chi connectivity index (χ0) is 19.7. The van der Waals surface area contributed by atoms with E-state index in [0.717, 1.165) is 46.9 Å². The Morgan fingerprint density at radius 3 is 2.71 bits per heavy atom. The smallest absolute Gasteiger partial charge is 0.257 e. The Balaban J connectivity index is 1.82. The molecule has 1 N–H and O–H groups in total. The maximum absolute atomic E-state index is 12.8. The number of unbranched alkanes of at least 4 members (excludes halogenated alkanes) is 1. The number of benzene rings is 2. The van der Waals surface area contributed by atoms with E-state index in [1.807, 2.05) is 41.9 Å². The highest BCUT2D eigenvalue weighted by atomic mass is 16.1. The molecule has 0 aliphatic carbocycles. The Labute approximate surface area is 164 Å². The largest absolute Gasteiger partial charge is 0.304 e. The van der Waals surface area contributed by atoms with Crippen LogP contribution in [0.3, 0.4) is 0 Å². The number of anilines is 1. The van der Waals surface area contributed by atoms with Gasteiger partial charge in [-0.3, -0.25) is 4.79 Å². The first-order chi connectivity index (χ1) is 13.6. The van der Waals surface area contributed by atoms with Crippen molar-refractivity contribution in [1.82, 2.24) is 14.8 Å². The third-order valence-corrected chi connectivity index (χ3v) is 5.02. The van der Waals surface area contributed by atoms with E-state index in [9.17, 15) is 4.79 Å². The Morgan fingerprint density at radius 1 is 1.11 bits per heavy atom. The van der Waals surface area contributed by atoms with Crippen molar-refractivity contribution in [3.05, 3.63) is 65.2 Å². The third-order valence-electron chi connectivity index (χ3n) is 5.02. The van der Waals surface area contributed by atoms with Gasteiger partial charge in [0.25, 0.3) is 5.91 Å². The molecule has 5 nitrogen and oxygen atoms in total. The van der Waals surface area contributed by atoms with Crippen LogP contribution in [0.4, 0.5) is 5.82 Å². The predicted octanol–water partition coefficient (Wildman–Crippen LogP) is 5.25. The van der Waals surface area contributed by atoms with Gasteiger partial charge in [0.1, 0.15) is 0 Å². The van der Waals surface area contributed by atoms with Crippen LogP contribution in [-0.2, 0) is 6.54 Å². The van der Waals surface area contributed by atoms with Crippen molar-refractivity contribution in [2.24, 2.45) is 0 Å². The fourth-order valence-electron chi connectivity index (χ4n) is 3.44. The number of carbonyl (C=O) groups is 1. The normalized spacial score (nSPS) is 11.2. The number of amides is 1. The summed E-state index contributed by atoms with van der Waals surface area (Å²) in [5, 5.41) is 9.62. The lowest BCUT2D eigenvalue weighted by Crippen LogP contribution is -2.14. The molecule has 0 bridgehead atoms. The average Bonchev–Trinajstić information content (AvgIpc) is 3.01. The Hall–Kier alpha value is -3.21. The molecule has 2 aromatic heterocycles. The molecule has 2 aromatic carbocycles. The molecular formula is C23H24N4O. The molecule has 1 amide bonds. The van der Waals surface area contributed by atoms with E-state index in [0.29, 0.717) is 11.4 Å². The number of aryl methyl sites for hydroxylation is 3. The van der Waals surface area contributed by atoms with Gasteiger partial charge < -0.3 is 5.32 Å². The number of hydrogen-bond donors (Lipinski definition) is 1. The van der Waals surface area contributed by atoms with Crippen molar-refractivity contribution in [3.63, 3.8) is 0 Å². The standard InChI is InChI=1S/C23H24N4O/c1-4-5-12-27-22-19(14-17-13-15(2)10-11-20(17)24-22)21(26-27)25-23(28)18-9-7-6-8-16(18)3/h6-11,13-14H,4-5,12H2,1-3H3,(H,25,26,28). The van der Waals surface area contributed by atoms with E-state index in [4.69, 9.17) is 4.98 Å². The molecule has 4 aromatic rings. The topological polar surface area (TPSA) is 59.8 Å². The summed E-state index contributed by atoms with van der Waals surface area (Å²) >= 11 is 0. The summed E-state index contributed by atoms with van der Waals surface area (Å²) in [6, 6.07) is 15.9. The van der Waals surface area contributed by atoms with Crippen LogP contribution in [0.2, 0.25) is 0 Å². The molecule has 0 spiro atoms. The van der Waals surface area contributed by atoms with Gasteiger partial charge in [0.05, 0.1) is 10.9 Å². The maximum atomic E-state index is 12.8. The van der Waals surface area contributed by atoms with Crippen molar-refractivity contribution < 1.29 is 4.79 Å². The van der Waals surface area contributed by atoms with E-state index in [1.54, 1.807) is 0 Å². The number of nitrogens with zero attached hydrogens (tertiary/aromatic N) is 3. The van der Waals surface area contributed by atoms with Gasteiger partial charge >= 0.3 is 0 Å².